The molecule has 1 atom stereocenters. The normalized spacial score (nSPS) is 16.1. The highest BCUT2D eigenvalue weighted by atomic mass is 15.3. The van der Waals surface area contributed by atoms with Gasteiger partial charge in [0.1, 0.15) is 0 Å². The van der Waals surface area contributed by atoms with E-state index in [-0.39, 0.29) is 0 Å². The Labute approximate surface area is 169 Å². The van der Waals surface area contributed by atoms with E-state index in [1.165, 1.54) is 11.1 Å². The molecular formula is C22H34N6. The average molecular weight is 383 g/mol. The number of nitrogens with zero attached hydrogens (tertiary/aromatic N) is 4. The van der Waals surface area contributed by atoms with E-state index in [1.807, 2.05) is 30.2 Å². The van der Waals surface area contributed by atoms with Crippen LogP contribution < -0.4 is 10.6 Å². The molecule has 0 amide bonds. The topological polar surface area (TPSA) is 57.5 Å². The fourth-order valence-electron chi connectivity index (χ4n) is 3.89. The predicted molar refractivity (Wildman–Crippen MR) is 115 cm³/mol. The Morgan fingerprint density at radius 2 is 2.00 bits per heavy atom. The minimum Gasteiger partial charge on any atom is -0.356 e. The third-order valence-corrected chi connectivity index (χ3v) is 5.52. The molecule has 1 aliphatic heterocycles. The number of aryl methyl sites for hydroxylation is 1. The second-order valence-corrected chi connectivity index (χ2v) is 7.80. The maximum Gasteiger partial charge on any atom is 0.191 e. The van der Waals surface area contributed by atoms with Crippen LogP contribution in [0, 0.1) is 5.92 Å². The first kappa shape index (κ1) is 20.4. The van der Waals surface area contributed by atoms with Gasteiger partial charge in [-0.1, -0.05) is 38.1 Å². The van der Waals surface area contributed by atoms with Crippen LogP contribution in [0.5, 0.6) is 0 Å². The molecule has 2 aromatic rings. The van der Waals surface area contributed by atoms with Gasteiger partial charge in [0.25, 0.3) is 0 Å². The average Bonchev–Trinajstić information content (AvgIpc) is 3.23. The molecule has 0 saturated heterocycles. The van der Waals surface area contributed by atoms with E-state index in [0.29, 0.717) is 12.0 Å². The molecule has 3 rings (SSSR count). The number of aromatic nitrogens is 2. The quantitative estimate of drug-likeness (QED) is 0.418. The van der Waals surface area contributed by atoms with Crippen molar-refractivity contribution in [2.24, 2.45) is 10.9 Å². The fraction of sp³-hybridized carbons (Fsp3) is 0.545. The Morgan fingerprint density at radius 3 is 2.71 bits per heavy atom. The Bertz CT molecular complexity index is 737. The molecular weight excluding hydrogens is 348 g/mol. The van der Waals surface area contributed by atoms with Gasteiger partial charge in [0.15, 0.2) is 5.96 Å². The summed E-state index contributed by atoms with van der Waals surface area (Å²) in [4.78, 5) is 7.00. The van der Waals surface area contributed by atoms with Crippen molar-refractivity contribution in [1.29, 1.82) is 0 Å². The first-order valence-corrected chi connectivity index (χ1v) is 10.4. The van der Waals surface area contributed by atoms with Crippen molar-refractivity contribution in [3.63, 3.8) is 0 Å². The summed E-state index contributed by atoms with van der Waals surface area (Å²) < 4.78 is 1.96. The summed E-state index contributed by atoms with van der Waals surface area (Å²) >= 11 is 0. The van der Waals surface area contributed by atoms with E-state index < -0.39 is 0 Å². The monoisotopic (exact) mass is 382 g/mol. The highest BCUT2D eigenvalue weighted by Crippen LogP contribution is 2.22. The lowest BCUT2D eigenvalue weighted by atomic mass is 9.95. The zero-order valence-corrected chi connectivity index (χ0v) is 17.4. The number of aliphatic imine (C=N–C) groups is 1. The molecule has 2 heterocycles. The Kier molecular flexibility index (Phi) is 7.48. The summed E-state index contributed by atoms with van der Waals surface area (Å²) in [7, 11) is 1.84. The highest BCUT2D eigenvalue weighted by molar-refractivity contribution is 5.79. The van der Waals surface area contributed by atoms with Crippen molar-refractivity contribution in [3.05, 3.63) is 53.9 Å². The van der Waals surface area contributed by atoms with Gasteiger partial charge >= 0.3 is 0 Å². The van der Waals surface area contributed by atoms with Crippen LogP contribution >= 0.6 is 0 Å². The van der Waals surface area contributed by atoms with Crippen LogP contribution in [0.2, 0.25) is 0 Å². The van der Waals surface area contributed by atoms with Crippen molar-refractivity contribution < 1.29 is 0 Å². The standard InChI is InChI=1S/C22H34N6/c1-18(2)21(27-15-10-19-8-4-5-9-20(19)17-27)16-25-22(23-3)24-11-6-13-28-14-7-12-26-28/h4-5,7-9,12,14,18,21H,6,10-11,13,15-17H2,1-3H3,(H2,23,24,25). The van der Waals surface area contributed by atoms with Gasteiger partial charge in [-0.15, -0.1) is 0 Å². The third kappa shape index (κ3) is 5.58. The molecule has 0 aliphatic carbocycles. The minimum absolute atomic E-state index is 0.482. The van der Waals surface area contributed by atoms with Gasteiger partial charge < -0.3 is 10.6 Å². The first-order valence-electron chi connectivity index (χ1n) is 10.4. The molecule has 0 fully saturated rings. The number of nitrogens with one attached hydrogen (secondary N) is 2. The van der Waals surface area contributed by atoms with Gasteiger partial charge in [-0.05, 0) is 36.0 Å². The lowest BCUT2D eigenvalue weighted by molar-refractivity contribution is 0.140. The number of rotatable bonds is 8. The summed E-state index contributed by atoms with van der Waals surface area (Å²) in [6.45, 7) is 9.48. The largest absolute Gasteiger partial charge is 0.356 e. The minimum atomic E-state index is 0.482. The van der Waals surface area contributed by atoms with Crippen molar-refractivity contribution >= 4 is 5.96 Å². The van der Waals surface area contributed by atoms with Gasteiger partial charge in [0, 0.05) is 58.2 Å². The summed E-state index contributed by atoms with van der Waals surface area (Å²) in [5.41, 5.74) is 2.98. The van der Waals surface area contributed by atoms with E-state index in [0.717, 1.165) is 51.5 Å². The van der Waals surface area contributed by atoms with Crippen LogP contribution in [0.15, 0.2) is 47.7 Å². The zero-order chi connectivity index (χ0) is 19.8. The molecule has 1 aliphatic rings. The van der Waals surface area contributed by atoms with Crippen LogP contribution in [0.1, 0.15) is 31.4 Å². The van der Waals surface area contributed by atoms with Crippen LogP contribution in [-0.2, 0) is 19.5 Å². The van der Waals surface area contributed by atoms with E-state index in [4.69, 9.17) is 0 Å². The van der Waals surface area contributed by atoms with Gasteiger partial charge in [-0.2, -0.15) is 5.10 Å². The van der Waals surface area contributed by atoms with Crippen LogP contribution in [0.25, 0.3) is 0 Å². The van der Waals surface area contributed by atoms with E-state index in [1.54, 1.807) is 0 Å². The molecule has 28 heavy (non-hydrogen) atoms. The Hall–Kier alpha value is -2.34. The van der Waals surface area contributed by atoms with E-state index in [9.17, 15) is 0 Å². The molecule has 0 radical (unpaired) electrons. The zero-order valence-electron chi connectivity index (χ0n) is 17.4. The summed E-state index contributed by atoms with van der Waals surface area (Å²) in [5, 5.41) is 11.2. The molecule has 1 unspecified atom stereocenters. The maximum atomic E-state index is 4.39. The van der Waals surface area contributed by atoms with E-state index in [2.05, 4.69) is 63.7 Å². The molecule has 6 heteroatoms. The lowest BCUT2D eigenvalue weighted by Crippen LogP contribution is -2.50. The van der Waals surface area contributed by atoms with Crippen LogP contribution in [0.4, 0.5) is 0 Å². The lowest BCUT2D eigenvalue weighted by Gasteiger charge is -2.38. The molecule has 0 saturated carbocycles. The SMILES string of the molecule is CN=C(NCCCn1cccn1)NCC(C(C)C)N1CCc2ccccc2C1. The highest BCUT2D eigenvalue weighted by Gasteiger charge is 2.25. The molecule has 152 valence electrons. The van der Waals surface area contributed by atoms with Crippen molar-refractivity contribution in [2.45, 2.75) is 45.8 Å². The summed E-state index contributed by atoms with van der Waals surface area (Å²) in [6, 6.07) is 11.3. The van der Waals surface area contributed by atoms with Gasteiger partial charge in [0.05, 0.1) is 0 Å². The number of hydrogen-bond donors (Lipinski definition) is 2. The molecule has 1 aromatic carbocycles. The molecule has 0 spiro atoms. The summed E-state index contributed by atoms with van der Waals surface area (Å²) in [6.07, 6.45) is 5.97. The number of guanidine groups is 1. The maximum absolute atomic E-state index is 4.39. The Balaban J connectivity index is 1.47. The molecule has 0 bridgehead atoms. The van der Waals surface area contributed by atoms with Gasteiger partial charge in [-0.3, -0.25) is 14.6 Å². The van der Waals surface area contributed by atoms with Crippen molar-refractivity contribution in [2.75, 3.05) is 26.7 Å². The molecule has 2 N–H and O–H groups in total. The summed E-state index contributed by atoms with van der Waals surface area (Å²) in [5.74, 6) is 1.46. The second-order valence-electron chi connectivity index (χ2n) is 7.80. The second kappa shape index (κ2) is 10.3. The van der Waals surface area contributed by atoms with Gasteiger partial charge in [-0.25, -0.2) is 0 Å². The smallest absolute Gasteiger partial charge is 0.191 e. The predicted octanol–water partition coefficient (Wildman–Crippen LogP) is 2.52. The van der Waals surface area contributed by atoms with Gasteiger partial charge in [0.2, 0.25) is 0 Å². The first-order chi connectivity index (χ1) is 13.7. The Morgan fingerprint density at radius 1 is 1.18 bits per heavy atom. The molecule has 6 nitrogen and oxygen atoms in total. The number of hydrogen-bond acceptors (Lipinski definition) is 3. The van der Waals surface area contributed by atoms with Crippen LogP contribution in [0.3, 0.4) is 0 Å². The van der Waals surface area contributed by atoms with E-state index >= 15 is 0 Å². The molecule has 1 aromatic heterocycles. The van der Waals surface area contributed by atoms with Crippen molar-refractivity contribution in [3.8, 4) is 0 Å². The fourth-order valence-corrected chi connectivity index (χ4v) is 3.89. The van der Waals surface area contributed by atoms with Crippen LogP contribution in [-0.4, -0.2) is 53.4 Å². The number of fused-ring (bicyclic) bond motifs is 1. The number of benzene rings is 1. The van der Waals surface area contributed by atoms with Crippen molar-refractivity contribution in [1.82, 2.24) is 25.3 Å². The third-order valence-electron chi connectivity index (χ3n) is 5.52.